The lowest BCUT2D eigenvalue weighted by molar-refractivity contribution is 0.112. The van der Waals surface area contributed by atoms with Crippen molar-refractivity contribution in [1.29, 1.82) is 0 Å². The molecule has 59 heavy (non-hydrogen) atoms. The van der Waals surface area contributed by atoms with Gasteiger partial charge in [-0.1, -0.05) is 162 Å². The van der Waals surface area contributed by atoms with Crippen LogP contribution in [0.2, 0.25) is 0 Å². The molecule has 0 radical (unpaired) electrons. The van der Waals surface area contributed by atoms with E-state index in [4.69, 9.17) is 0 Å². The normalized spacial score (nSPS) is 11.7. The lowest BCUT2D eigenvalue weighted by atomic mass is 9.92. The monoisotopic (exact) mass is 888 g/mol. The highest BCUT2D eigenvalue weighted by Crippen LogP contribution is 2.51. The van der Waals surface area contributed by atoms with Crippen molar-refractivity contribution in [2.45, 2.75) is 207 Å². The second-order valence-corrected chi connectivity index (χ2v) is 22.2. The maximum absolute atomic E-state index is 13.0. The summed E-state index contributed by atoms with van der Waals surface area (Å²) in [5.74, 6) is 0. The van der Waals surface area contributed by atoms with Crippen molar-refractivity contribution < 1.29 is 4.79 Å². The van der Waals surface area contributed by atoms with E-state index in [1.165, 1.54) is 217 Å². The number of hydrogen-bond acceptors (Lipinski definition) is 6. The van der Waals surface area contributed by atoms with Crippen LogP contribution in [0.4, 0.5) is 0 Å². The standard InChI is InChI=1S/C53H76OS5/c1-5-9-13-17-21-25-30-41-42(31-26-22-18-14-10-6-2)52(58-50(41)40-54)53-44(33-28-24-20-16-12-8-4)43(32-27-23-19-15-11-7-3)51(59-53)49-38-37-48(57-49)47-36-35-46(56-47)45-34-29-39-55-45/h29,34-40H,5-28,30-33H2,1-4H3. The van der Waals surface area contributed by atoms with Gasteiger partial charge in [-0.2, -0.15) is 0 Å². The smallest absolute Gasteiger partial charge is 0.160 e. The van der Waals surface area contributed by atoms with Crippen molar-refractivity contribution in [3.63, 3.8) is 0 Å². The summed E-state index contributed by atoms with van der Waals surface area (Å²) < 4.78 is 0. The van der Waals surface area contributed by atoms with Gasteiger partial charge in [-0.05, 0) is 109 Å². The van der Waals surface area contributed by atoms with Crippen molar-refractivity contribution in [1.82, 2.24) is 0 Å². The van der Waals surface area contributed by atoms with Crippen LogP contribution in [0.15, 0.2) is 41.8 Å². The molecule has 0 saturated heterocycles. The zero-order valence-corrected chi connectivity index (χ0v) is 41.4. The SMILES string of the molecule is CCCCCCCCc1c(C=O)sc(-c2sc(-c3ccc(-c4ccc(-c5cccs5)s4)s3)c(CCCCCCCC)c2CCCCCCCC)c1CCCCCCCC. The molecule has 0 unspecified atom stereocenters. The average molecular weight is 890 g/mol. The van der Waals surface area contributed by atoms with Gasteiger partial charge in [0.2, 0.25) is 0 Å². The van der Waals surface area contributed by atoms with Crippen LogP contribution in [0.25, 0.3) is 39.0 Å². The molecule has 0 aliphatic carbocycles. The number of thiophene rings is 5. The van der Waals surface area contributed by atoms with Crippen LogP contribution in [0, 0.1) is 0 Å². The molecule has 0 spiro atoms. The van der Waals surface area contributed by atoms with Gasteiger partial charge in [0.15, 0.2) is 6.29 Å². The van der Waals surface area contributed by atoms with Crippen LogP contribution in [-0.2, 0) is 25.7 Å². The molecule has 0 fully saturated rings. The Morgan fingerprint density at radius 3 is 1.20 bits per heavy atom. The molecule has 5 heterocycles. The Balaban J connectivity index is 1.56. The Bertz CT molecular complexity index is 1860. The molecular weight excluding hydrogens is 813 g/mol. The van der Waals surface area contributed by atoms with Crippen molar-refractivity contribution in [2.24, 2.45) is 0 Å². The summed E-state index contributed by atoms with van der Waals surface area (Å²) in [5.41, 5.74) is 6.21. The Morgan fingerprint density at radius 1 is 0.373 bits per heavy atom. The van der Waals surface area contributed by atoms with E-state index >= 15 is 0 Å². The summed E-state index contributed by atoms with van der Waals surface area (Å²) in [5, 5.41) is 2.18. The first-order chi connectivity index (χ1) is 29.1. The molecule has 0 atom stereocenters. The topological polar surface area (TPSA) is 17.1 Å². The van der Waals surface area contributed by atoms with E-state index < -0.39 is 0 Å². The number of rotatable bonds is 33. The van der Waals surface area contributed by atoms with Crippen LogP contribution in [0.1, 0.15) is 214 Å². The van der Waals surface area contributed by atoms with E-state index in [0.29, 0.717) is 0 Å². The van der Waals surface area contributed by atoms with Crippen molar-refractivity contribution in [3.05, 3.63) is 68.9 Å². The van der Waals surface area contributed by atoms with Gasteiger partial charge in [-0.25, -0.2) is 0 Å². The first-order valence-corrected chi connectivity index (χ1v) is 28.3. The summed E-state index contributed by atoms with van der Waals surface area (Å²) in [6, 6.07) is 13.9. The van der Waals surface area contributed by atoms with Crippen LogP contribution < -0.4 is 0 Å². The zero-order chi connectivity index (χ0) is 41.5. The Labute approximate surface area is 380 Å². The van der Waals surface area contributed by atoms with Gasteiger partial charge in [0.1, 0.15) is 0 Å². The van der Waals surface area contributed by atoms with E-state index in [1.807, 2.05) is 45.3 Å². The predicted molar refractivity (Wildman–Crippen MR) is 271 cm³/mol. The highest BCUT2D eigenvalue weighted by molar-refractivity contribution is 7.30. The van der Waals surface area contributed by atoms with E-state index in [-0.39, 0.29) is 0 Å². The van der Waals surface area contributed by atoms with Crippen LogP contribution in [0.5, 0.6) is 0 Å². The van der Waals surface area contributed by atoms with Crippen LogP contribution in [-0.4, -0.2) is 6.29 Å². The molecule has 5 aromatic rings. The summed E-state index contributed by atoms with van der Waals surface area (Å²) in [7, 11) is 0. The average Bonchev–Trinajstić information content (AvgIpc) is 4.11. The Hall–Kier alpha value is -1.83. The molecule has 5 rings (SSSR count). The zero-order valence-electron chi connectivity index (χ0n) is 37.4. The number of carbonyl (C=O) groups is 1. The Kier molecular flexibility index (Phi) is 22.9. The number of carbonyl (C=O) groups excluding carboxylic acids is 1. The minimum atomic E-state index is 1.02. The molecule has 0 N–H and O–H groups in total. The lowest BCUT2D eigenvalue weighted by Crippen LogP contribution is -1.98. The van der Waals surface area contributed by atoms with Crippen LogP contribution in [0.3, 0.4) is 0 Å². The number of unbranched alkanes of at least 4 members (excludes halogenated alkanes) is 20. The number of aldehydes is 1. The first kappa shape index (κ1) is 48.2. The molecule has 0 aliphatic heterocycles. The Morgan fingerprint density at radius 2 is 0.746 bits per heavy atom. The molecule has 0 aromatic carbocycles. The van der Waals surface area contributed by atoms with Gasteiger partial charge in [0, 0.05) is 39.0 Å². The summed E-state index contributed by atoms with van der Waals surface area (Å²) in [4.78, 5) is 25.4. The maximum atomic E-state index is 13.0. The molecule has 0 aliphatic rings. The second-order valence-electron chi connectivity index (χ2n) is 17.0. The third-order valence-electron chi connectivity index (χ3n) is 12.1. The molecule has 324 valence electrons. The lowest BCUT2D eigenvalue weighted by Gasteiger charge is -2.12. The van der Waals surface area contributed by atoms with Crippen molar-refractivity contribution >= 4 is 63.0 Å². The first-order valence-electron chi connectivity index (χ1n) is 24.1. The fraction of sp³-hybridized carbons (Fsp3) is 0.604. The summed E-state index contributed by atoms with van der Waals surface area (Å²) >= 11 is 9.71. The molecule has 0 amide bonds. The van der Waals surface area contributed by atoms with Gasteiger partial charge in [0.25, 0.3) is 0 Å². The van der Waals surface area contributed by atoms with Crippen LogP contribution >= 0.6 is 56.7 Å². The van der Waals surface area contributed by atoms with Gasteiger partial charge >= 0.3 is 0 Å². The molecule has 6 heteroatoms. The van der Waals surface area contributed by atoms with Gasteiger partial charge in [0.05, 0.1) is 4.88 Å². The molecule has 0 bridgehead atoms. The largest absolute Gasteiger partial charge is 0.297 e. The predicted octanol–water partition coefficient (Wildman–Crippen LogP) is 20.1. The third kappa shape index (κ3) is 14.9. The maximum Gasteiger partial charge on any atom is 0.160 e. The van der Waals surface area contributed by atoms with E-state index in [9.17, 15) is 4.79 Å². The third-order valence-corrected chi connectivity index (χ3v) is 18.4. The quantitative estimate of drug-likeness (QED) is 0.0303. The van der Waals surface area contributed by atoms with E-state index in [1.54, 1.807) is 11.1 Å². The molecule has 0 saturated carbocycles. The fourth-order valence-electron chi connectivity index (χ4n) is 8.69. The van der Waals surface area contributed by atoms with Gasteiger partial charge in [-0.15, -0.1) is 56.7 Å². The van der Waals surface area contributed by atoms with Crippen molar-refractivity contribution in [3.8, 4) is 39.0 Å². The molecule has 5 aromatic heterocycles. The number of hydrogen-bond donors (Lipinski definition) is 0. The van der Waals surface area contributed by atoms with E-state index in [0.717, 1.165) is 24.1 Å². The highest BCUT2D eigenvalue weighted by Gasteiger charge is 2.27. The highest BCUT2D eigenvalue weighted by atomic mass is 32.1. The molecular formula is C53H76OS5. The van der Waals surface area contributed by atoms with Crippen molar-refractivity contribution in [2.75, 3.05) is 0 Å². The summed E-state index contributed by atoms with van der Waals surface area (Å²) in [6.45, 7) is 9.26. The van der Waals surface area contributed by atoms with E-state index in [2.05, 4.69) is 80.8 Å². The molecule has 1 nitrogen and oxygen atoms in total. The van der Waals surface area contributed by atoms with Gasteiger partial charge < -0.3 is 0 Å². The minimum Gasteiger partial charge on any atom is -0.297 e. The second kappa shape index (κ2) is 28.0. The minimum absolute atomic E-state index is 1.02. The summed E-state index contributed by atoms with van der Waals surface area (Å²) in [6.07, 6.45) is 37.2. The fourth-order valence-corrected chi connectivity index (χ4v) is 14.6. The van der Waals surface area contributed by atoms with Gasteiger partial charge in [-0.3, -0.25) is 4.79 Å².